The Bertz CT molecular complexity index is 1750. The van der Waals surface area contributed by atoms with Gasteiger partial charge < -0.3 is 31.2 Å². The van der Waals surface area contributed by atoms with E-state index in [1.165, 1.54) is 12.8 Å². The molecule has 0 spiro atoms. The molecule has 5 N–H and O–H groups in total. The molecule has 0 radical (unpaired) electrons. The average Bonchev–Trinajstić information content (AvgIpc) is 3.71. The summed E-state index contributed by atoms with van der Waals surface area (Å²) in [6.45, 7) is 7.45. The van der Waals surface area contributed by atoms with E-state index in [4.69, 9.17) is 0 Å². The Balaban J connectivity index is 1.15. The van der Waals surface area contributed by atoms with Gasteiger partial charge in [-0.15, -0.1) is 0 Å². The number of aromatic amines is 1. The van der Waals surface area contributed by atoms with Gasteiger partial charge in [-0.2, -0.15) is 0 Å². The third kappa shape index (κ3) is 6.28. The highest BCUT2D eigenvalue weighted by molar-refractivity contribution is 6.35. The van der Waals surface area contributed by atoms with Crippen molar-refractivity contribution in [1.82, 2.24) is 15.2 Å². The van der Waals surface area contributed by atoms with Crippen LogP contribution in [-0.2, 0) is 4.79 Å². The minimum Gasteiger partial charge on any atom is -0.358 e. The number of likely N-dealkylation sites (tertiary alicyclic amines) is 1. The molecule has 0 bridgehead atoms. The van der Waals surface area contributed by atoms with Gasteiger partial charge in [0, 0.05) is 52.7 Å². The molecule has 0 unspecified atom stereocenters. The second-order valence-electron chi connectivity index (χ2n) is 11.3. The minimum absolute atomic E-state index is 0.101. The first-order valence-corrected chi connectivity index (χ1v) is 15.0. The number of H-pyrrole nitrogens is 1. The van der Waals surface area contributed by atoms with Crippen LogP contribution in [0.15, 0.2) is 72.8 Å². The SMILES string of the molecule is Cc1[nH]c(C=C2C(=O)Nc3cc(Nc4cccc(NC(=O)c5ccccc5)c4)ccc32)c(C)c1C(=O)NCCN1CCCC1. The summed E-state index contributed by atoms with van der Waals surface area (Å²) in [5.41, 5.74) is 7.79. The molecule has 224 valence electrons. The molecule has 0 aliphatic carbocycles. The first-order valence-electron chi connectivity index (χ1n) is 15.0. The number of anilines is 4. The van der Waals surface area contributed by atoms with Crippen molar-refractivity contribution in [2.24, 2.45) is 0 Å². The number of carbonyl (C=O) groups excluding carboxylic acids is 3. The molecule has 4 aromatic rings. The summed E-state index contributed by atoms with van der Waals surface area (Å²) in [4.78, 5) is 44.3. The monoisotopic (exact) mass is 588 g/mol. The summed E-state index contributed by atoms with van der Waals surface area (Å²) in [5, 5.41) is 12.3. The van der Waals surface area contributed by atoms with Crippen LogP contribution in [0.2, 0.25) is 0 Å². The van der Waals surface area contributed by atoms with Crippen LogP contribution in [-0.4, -0.2) is 53.8 Å². The molecular weight excluding hydrogens is 552 g/mol. The maximum atomic E-state index is 13.0. The van der Waals surface area contributed by atoms with Gasteiger partial charge in [-0.25, -0.2) is 0 Å². The van der Waals surface area contributed by atoms with Crippen LogP contribution < -0.4 is 21.3 Å². The van der Waals surface area contributed by atoms with E-state index in [0.717, 1.165) is 53.5 Å². The molecule has 1 saturated heterocycles. The van der Waals surface area contributed by atoms with Crippen LogP contribution in [0.4, 0.5) is 22.7 Å². The van der Waals surface area contributed by atoms with Gasteiger partial charge in [0.2, 0.25) is 0 Å². The van der Waals surface area contributed by atoms with E-state index in [1.807, 2.05) is 80.6 Å². The number of nitrogens with zero attached hydrogens (tertiary/aromatic N) is 1. The highest BCUT2D eigenvalue weighted by Crippen LogP contribution is 2.36. The maximum Gasteiger partial charge on any atom is 0.256 e. The Kier molecular flexibility index (Phi) is 8.29. The molecule has 1 fully saturated rings. The second kappa shape index (κ2) is 12.6. The Labute approximate surface area is 256 Å². The number of benzene rings is 3. The molecule has 9 nitrogen and oxygen atoms in total. The van der Waals surface area contributed by atoms with Crippen molar-refractivity contribution in [3.63, 3.8) is 0 Å². The van der Waals surface area contributed by atoms with Gasteiger partial charge in [-0.05, 0) is 93.9 Å². The Morgan fingerprint density at radius 2 is 1.64 bits per heavy atom. The van der Waals surface area contributed by atoms with Crippen LogP contribution in [0.3, 0.4) is 0 Å². The minimum atomic E-state index is -0.203. The standard InChI is InChI=1S/C35H36N6O3/c1-22-30(37-23(2)32(22)35(44)36-15-18-41-16-6-7-17-41)21-29-28-14-13-27(20-31(28)40-34(29)43)38-25-11-8-12-26(19-25)39-33(42)24-9-4-3-5-10-24/h3-5,8-14,19-21,37-38H,6-7,15-18H2,1-2H3,(H,36,44)(H,39,42)(H,40,43). The van der Waals surface area contributed by atoms with Crippen LogP contribution in [0.5, 0.6) is 0 Å². The molecular formula is C35H36N6O3. The summed E-state index contributed by atoms with van der Waals surface area (Å²) < 4.78 is 0. The summed E-state index contributed by atoms with van der Waals surface area (Å²) in [6, 6.07) is 22.2. The van der Waals surface area contributed by atoms with E-state index < -0.39 is 0 Å². The van der Waals surface area contributed by atoms with Crippen LogP contribution in [0, 0.1) is 13.8 Å². The van der Waals surface area contributed by atoms with Crippen molar-refractivity contribution in [1.29, 1.82) is 0 Å². The van der Waals surface area contributed by atoms with E-state index in [1.54, 1.807) is 12.1 Å². The molecule has 2 aliphatic rings. The lowest BCUT2D eigenvalue weighted by Gasteiger charge is -2.14. The number of aromatic nitrogens is 1. The fourth-order valence-corrected chi connectivity index (χ4v) is 5.88. The molecule has 1 aromatic heterocycles. The molecule has 2 aliphatic heterocycles. The van der Waals surface area contributed by atoms with Crippen molar-refractivity contribution in [2.75, 3.05) is 42.1 Å². The van der Waals surface area contributed by atoms with Gasteiger partial charge in [0.15, 0.2) is 0 Å². The van der Waals surface area contributed by atoms with Crippen molar-refractivity contribution < 1.29 is 14.4 Å². The van der Waals surface area contributed by atoms with Gasteiger partial charge >= 0.3 is 0 Å². The highest BCUT2D eigenvalue weighted by atomic mass is 16.2. The number of hydrogen-bond donors (Lipinski definition) is 5. The van der Waals surface area contributed by atoms with E-state index >= 15 is 0 Å². The lowest BCUT2D eigenvalue weighted by molar-refractivity contribution is -0.110. The number of rotatable bonds is 9. The summed E-state index contributed by atoms with van der Waals surface area (Å²) >= 11 is 0. The number of aryl methyl sites for hydroxylation is 1. The fraction of sp³-hybridized carbons (Fsp3) is 0.229. The summed E-state index contributed by atoms with van der Waals surface area (Å²) in [5.74, 6) is -0.484. The van der Waals surface area contributed by atoms with Crippen molar-refractivity contribution in [3.05, 3.63) is 106 Å². The Hall–Kier alpha value is -5.15. The van der Waals surface area contributed by atoms with Crippen molar-refractivity contribution >= 4 is 52.1 Å². The van der Waals surface area contributed by atoms with Crippen LogP contribution in [0.25, 0.3) is 11.6 Å². The third-order valence-electron chi connectivity index (χ3n) is 8.15. The highest BCUT2D eigenvalue weighted by Gasteiger charge is 2.26. The predicted octanol–water partition coefficient (Wildman–Crippen LogP) is 5.95. The van der Waals surface area contributed by atoms with Crippen LogP contribution in [0.1, 0.15) is 56.1 Å². The van der Waals surface area contributed by atoms with E-state index in [-0.39, 0.29) is 17.7 Å². The van der Waals surface area contributed by atoms with Crippen LogP contribution >= 0.6 is 0 Å². The van der Waals surface area contributed by atoms with E-state index in [2.05, 4.69) is 31.2 Å². The number of amides is 3. The average molecular weight is 589 g/mol. The zero-order chi connectivity index (χ0) is 30.6. The van der Waals surface area contributed by atoms with Gasteiger partial charge in [-0.3, -0.25) is 14.4 Å². The second-order valence-corrected chi connectivity index (χ2v) is 11.3. The topological polar surface area (TPSA) is 118 Å². The summed E-state index contributed by atoms with van der Waals surface area (Å²) in [6.07, 6.45) is 4.26. The van der Waals surface area contributed by atoms with Gasteiger partial charge in [0.25, 0.3) is 17.7 Å². The Morgan fingerprint density at radius 1 is 0.886 bits per heavy atom. The number of hydrogen-bond acceptors (Lipinski definition) is 5. The molecule has 3 aromatic carbocycles. The first kappa shape index (κ1) is 28.9. The molecule has 0 atom stereocenters. The predicted molar refractivity (Wildman–Crippen MR) is 175 cm³/mol. The molecule has 3 amide bonds. The Morgan fingerprint density at radius 3 is 2.43 bits per heavy atom. The lowest BCUT2D eigenvalue weighted by Crippen LogP contribution is -2.33. The van der Waals surface area contributed by atoms with Crippen molar-refractivity contribution in [2.45, 2.75) is 26.7 Å². The number of nitrogens with one attached hydrogen (secondary N) is 5. The third-order valence-corrected chi connectivity index (χ3v) is 8.15. The van der Waals surface area contributed by atoms with Crippen molar-refractivity contribution in [3.8, 4) is 0 Å². The quantitative estimate of drug-likeness (QED) is 0.155. The van der Waals surface area contributed by atoms with E-state index in [9.17, 15) is 14.4 Å². The first-order chi connectivity index (χ1) is 21.4. The molecule has 3 heterocycles. The summed E-state index contributed by atoms with van der Waals surface area (Å²) in [7, 11) is 0. The number of carbonyl (C=O) groups is 3. The fourth-order valence-electron chi connectivity index (χ4n) is 5.88. The zero-order valence-corrected chi connectivity index (χ0v) is 24.9. The zero-order valence-electron chi connectivity index (χ0n) is 24.9. The molecule has 6 rings (SSSR count). The van der Waals surface area contributed by atoms with Gasteiger partial charge in [-0.1, -0.05) is 30.3 Å². The largest absolute Gasteiger partial charge is 0.358 e. The lowest BCUT2D eigenvalue weighted by atomic mass is 10.0. The van der Waals surface area contributed by atoms with Gasteiger partial charge in [0.05, 0.1) is 16.8 Å². The van der Waals surface area contributed by atoms with Gasteiger partial charge in [0.1, 0.15) is 0 Å². The maximum absolute atomic E-state index is 13.0. The number of fused-ring (bicyclic) bond motifs is 1. The molecule has 44 heavy (non-hydrogen) atoms. The normalized spacial score (nSPS) is 15.2. The molecule has 9 heteroatoms. The van der Waals surface area contributed by atoms with E-state index in [0.29, 0.717) is 34.6 Å². The molecule has 0 saturated carbocycles. The smallest absolute Gasteiger partial charge is 0.256 e.